The maximum absolute atomic E-state index is 12.8. The van der Waals surface area contributed by atoms with Crippen LogP contribution in [0.1, 0.15) is 5.56 Å². The molecule has 2 rings (SSSR count). The van der Waals surface area contributed by atoms with Gasteiger partial charge >= 0.3 is 12.2 Å². The zero-order valence-electron chi connectivity index (χ0n) is 10.4. The highest BCUT2D eigenvalue weighted by atomic mass is 35.5. The number of hydrogen-bond acceptors (Lipinski definition) is 2. The number of aromatic nitrogens is 1. The Labute approximate surface area is 122 Å². The number of urea groups is 1. The summed E-state index contributed by atoms with van der Waals surface area (Å²) in [6.07, 6.45) is -3.14. The van der Waals surface area contributed by atoms with E-state index in [0.29, 0.717) is 0 Å². The van der Waals surface area contributed by atoms with E-state index in [4.69, 9.17) is 11.6 Å². The average Bonchev–Trinajstić information content (AvgIpc) is 2.41. The molecule has 21 heavy (non-hydrogen) atoms. The van der Waals surface area contributed by atoms with Crippen molar-refractivity contribution < 1.29 is 18.0 Å². The third-order valence-electron chi connectivity index (χ3n) is 2.49. The SMILES string of the molecule is O=C(Nc1ccccc1C(F)(F)F)Nc1cccnc1Cl. The number of nitrogens with one attached hydrogen (secondary N) is 2. The molecule has 1 aromatic carbocycles. The van der Waals surface area contributed by atoms with Crippen molar-refractivity contribution in [3.05, 3.63) is 53.3 Å². The van der Waals surface area contributed by atoms with Gasteiger partial charge in [-0.1, -0.05) is 23.7 Å². The molecule has 0 spiro atoms. The Bertz CT molecular complexity index is 661. The summed E-state index contributed by atoms with van der Waals surface area (Å²) >= 11 is 5.74. The number of anilines is 2. The summed E-state index contributed by atoms with van der Waals surface area (Å²) in [7, 11) is 0. The molecular formula is C13H9ClF3N3O. The van der Waals surface area contributed by atoms with E-state index in [-0.39, 0.29) is 16.5 Å². The molecule has 0 aliphatic heterocycles. The predicted molar refractivity (Wildman–Crippen MR) is 73.3 cm³/mol. The van der Waals surface area contributed by atoms with Gasteiger partial charge in [-0.25, -0.2) is 9.78 Å². The highest BCUT2D eigenvalue weighted by molar-refractivity contribution is 6.32. The molecule has 0 fully saturated rings. The zero-order valence-corrected chi connectivity index (χ0v) is 11.2. The Morgan fingerprint density at radius 1 is 1.05 bits per heavy atom. The van der Waals surface area contributed by atoms with E-state index in [9.17, 15) is 18.0 Å². The van der Waals surface area contributed by atoms with Crippen LogP contribution in [-0.4, -0.2) is 11.0 Å². The fourth-order valence-electron chi connectivity index (χ4n) is 1.59. The second-order valence-corrected chi connectivity index (χ2v) is 4.32. The smallest absolute Gasteiger partial charge is 0.307 e. The lowest BCUT2D eigenvalue weighted by molar-refractivity contribution is -0.136. The average molecular weight is 316 g/mol. The summed E-state index contributed by atoms with van der Waals surface area (Å²) in [5, 5.41) is 4.50. The first-order valence-corrected chi connectivity index (χ1v) is 6.10. The van der Waals surface area contributed by atoms with Crippen molar-refractivity contribution in [2.45, 2.75) is 6.18 Å². The number of hydrogen-bond donors (Lipinski definition) is 2. The second-order valence-electron chi connectivity index (χ2n) is 3.96. The van der Waals surface area contributed by atoms with E-state index in [1.165, 1.54) is 30.5 Å². The molecule has 0 aliphatic carbocycles. The van der Waals surface area contributed by atoms with Gasteiger partial charge in [-0.15, -0.1) is 0 Å². The van der Waals surface area contributed by atoms with E-state index in [2.05, 4.69) is 15.6 Å². The van der Waals surface area contributed by atoms with Gasteiger partial charge in [-0.3, -0.25) is 0 Å². The van der Waals surface area contributed by atoms with Gasteiger partial charge in [0.05, 0.1) is 16.9 Å². The van der Waals surface area contributed by atoms with E-state index < -0.39 is 17.8 Å². The number of amides is 2. The number of pyridine rings is 1. The van der Waals surface area contributed by atoms with Gasteiger partial charge in [0.15, 0.2) is 5.15 Å². The van der Waals surface area contributed by atoms with Crippen molar-refractivity contribution in [2.24, 2.45) is 0 Å². The largest absolute Gasteiger partial charge is 0.418 e. The molecule has 4 nitrogen and oxygen atoms in total. The number of benzene rings is 1. The number of nitrogens with zero attached hydrogens (tertiary/aromatic N) is 1. The Hall–Kier alpha value is -2.28. The standard InChI is InChI=1S/C13H9ClF3N3O/c14-11-10(6-3-7-18-11)20-12(21)19-9-5-2-1-4-8(9)13(15,16)17/h1-7H,(H2,19,20,21). The molecule has 2 amide bonds. The van der Waals surface area contributed by atoms with Crippen LogP contribution in [0.3, 0.4) is 0 Å². The number of halogens is 4. The Morgan fingerprint density at radius 3 is 2.33 bits per heavy atom. The van der Waals surface area contributed by atoms with Gasteiger partial charge in [0.2, 0.25) is 0 Å². The molecule has 2 aromatic rings. The van der Waals surface area contributed by atoms with Crippen LogP contribution >= 0.6 is 11.6 Å². The summed E-state index contributed by atoms with van der Waals surface area (Å²) in [6.45, 7) is 0. The van der Waals surface area contributed by atoms with Crippen molar-refractivity contribution in [3.8, 4) is 0 Å². The Balaban J connectivity index is 2.16. The van der Waals surface area contributed by atoms with E-state index in [1.807, 2.05) is 0 Å². The normalized spacial score (nSPS) is 11.0. The maximum atomic E-state index is 12.8. The molecule has 0 bridgehead atoms. The van der Waals surface area contributed by atoms with Crippen LogP contribution < -0.4 is 10.6 Å². The van der Waals surface area contributed by atoms with E-state index >= 15 is 0 Å². The lowest BCUT2D eigenvalue weighted by atomic mass is 10.1. The first-order chi connectivity index (χ1) is 9.88. The number of rotatable bonds is 2. The molecule has 1 heterocycles. The van der Waals surface area contributed by atoms with Crippen LogP contribution in [0.4, 0.5) is 29.3 Å². The molecule has 8 heteroatoms. The van der Waals surface area contributed by atoms with Crippen molar-refractivity contribution in [2.75, 3.05) is 10.6 Å². The van der Waals surface area contributed by atoms with Crippen molar-refractivity contribution in [3.63, 3.8) is 0 Å². The van der Waals surface area contributed by atoms with Crippen molar-refractivity contribution in [1.82, 2.24) is 4.98 Å². The minimum atomic E-state index is -4.56. The van der Waals surface area contributed by atoms with Crippen molar-refractivity contribution in [1.29, 1.82) is 0 Å². The fraction of sp³-hybridized carbons (Fsp3) is 0.0769. The molecule has 0 saturated carbocycles. The minimum Gasteiger partial charge on any atom is -0.307 e. The van der Waals surface area contributed by atoms with Gasteiger partial charge < -0.3 is 10.6 Å². The van der Waals surface area contributed by atoms with Crippen molar-refractivity contribution >= 4 is 29.0 Å². The van der Waals surface area contributed by atoms with Crippen LogP contribution in [0, 0.1) is 0 Å². The monoisotopic (exact) mass is 315 g/mol. The van der Waals surface area contributed by atoms with E-state index in [0.717, 1.165) is 12.1 Å². The highest BCUT2D eigenvalue weighted by Gasteiger charge is 2.33. The second kappa shape index (κ2) is 6.01. The van der Waals surface area contributed by atoms with Gasteiger partial charge in [0.1, 0.15) is 0 Å². The first kappa shape index (κ1) is 15.1. The van der Waals surface area contributed by atoms with Crippen LogP contribution in [0.5, 0.6) is 0 Å². The lowest BCUT2D eigenvalue weighted by Gasteiger charge is -2.14. The third kappa shape index (κ3) is 3.85. The Morgan fingerprint density at radius 2 is 1.67 bits per heavy atom. The summed E-state index contributed by atoms with van der Waals surface area (Å²) in [5.41, 5.74) is -1.08. The fourth-order valence-corrected chi connectivity index (χ4v) is 1.76. The first-order valence-electron chi connectivity index (χ1n) is 5.72. The molecule has 2 N–H and O–H groups in total. The van der Waals surface area contributed by atoms with Gasteiger partial charge in [0, 0.05) is 6.20 Å². The molecule has 1 aromatic heterocycles. The van der Waals surface area contributed by atoms with E-state index in [1.54, 1.807) is 0 Å². The molecule has 110 valence electrons. The van der Waals surface area contributed by atoms with Gasteiger partial charge in [-0.05, 0) is 24.3 Å². The van der Waals surface area contributed by atoms with Gasteiger partial charge in [0.25, 0.3) is 0 Å². The Kier molecular flexibility index (Phi) is 4.32. The highest BCUT2D eigenvalue weighted by Crippen LogP contribution is 2.34. The minimum absolute atomic E-state index is 0.0387. The summed E-state index contributed by atoms with van der Waals surface area (Å²) in [6, 6.07) is 6.84. The molecule has 0 unspecified atom stereocenters. The van der Waals surface area contributed by atoms with Crippen LogP contribution in [0.25, 0.3) is 0 Å². The molecule has 0 saturated heterocycles. The summed E-state index contributed by atoms with van der Waals surface area (Å²) < 4.78 is 38.4. The summed E-state index contributed by atoms with van der Waals surface area (Å²) in [4.78, 5) is 15.5. The van der Waals surface area contributed by atoms with Gasteiger partial charge in [-0.2, -0.15) is 13.2 Å². The molecule has 0 atom stereocenters. The van der Waals surface area contributed by atoms with Crippen LogP contribution in [-0.2, 0) is 6.18 Å². The topological polar surface area (TPSA) is 54.0 Å². The number of carbonyl (C=O) groups excluding carboxylic acids is 1. The number of carbonyl (C=O) groups is 1. The number of para-hydroxylation sites is 1. The molecule has 0 radical (unpaired) electrons. The number of alkyl halides is 3. The molecule has 0 aliphatic rings. The predicted octanol–water partition coefficient (Wildman–Crippen LogP) is 4.40. The summed E-state index contributed by atoms with van der Waals surface area (Å²) in [5.74, 6) is 0. The quantitative estimate of drug-likeness (QED) is 0.807. The van der Waals surface area contributed by atoms with Crippen LogP contribution in [0.2, 0.25) is 5.15 Å². The molecular weight excluding hydrogens is 307 g/mol. The zero-order chi connectivity index (χ0) is 15.5. The maximum Gasteiger partial charge on any atom is 0.418 e. The third-order valence-corrected chi connectivity index (χ3v) is 2.79. The lowest BCUT2D eigenvalue weighted by Crippen LogP contribution is -2.22. The van der Waals surface area contributed by atoms with Crippen LogP contribution in [0.15, 0.2) is 42.6 Å².